The molecule has 0 radical (unpaired) electrons. The van der Waals surface area contributed by atoms with E-state index < -0.39 is 0 Å². The van der Waals surface area contributed by atoms with Crippen molar-refractivity contribution in [3.63, 3.8) is 0 Å². The van der Waals surface area contributed by atoms with Gasteiger partial charge in [-0.3, -0.25) is 0 Å². The fraction of sp³-hybridized carbons (Fsp3) is 0. The molecule has 0 unspecified atom stereocenters. The van der Waals surface area contributed by atoms with Crippen LogP contribution in [0.3, 0.4) is 0 Å². The molecule has 10 aromatic carbocycles. The molecule has 0 aliphatic carbocycles. The van der Waals surface area contributed by atoms with E-state index in [2.05, 4.69) is 205 Å². The monoisotopic (exact) mass is 713 g/mol. The summed E-state index contributed by atoms with van der Waals surface area (Å²) in [6.45, 7) is 0. The lowest BCUT2D eigenvalue weighted by molar-refractivity contribution is 0.669. The van der Waals surface area contributed by atoms with Crippen molar-refractivity contribution in [1.82, 2.24) is 0 Å². The van der Waals surface area contributed by atoms with Crippen LogP contribution in [0.5, 0.6) is 0 Å². The van der Waals surface area contributed by atoms with Crippen LogP contribution >= 0.6 is 0 Å². The second-order valence-corrected chi connectivity index (χ2v) is 14.5. The lowest BCUT2D eigenvalue weighted by atomic mass is 9.94. The Morgan fingerprint density at radius 2 is 0.786 bits per heavy atom. The minimum Gasteiger partial charge on any atom is -0.456 e. The zero-order valence-electron chi connectivity index (χ0n) is 30.6. The molecule has 0 atom stereocenters. The van der Waals surface area contributed by atoms with Crippen molar-refractivity contribution in [1.29, 1.82) is 0 Å². The maximum absolute atomic E-state index is 6.22. The van der Waals surface area contributed by atoms with Crippen molar-refractivity contribution < 1.29 is 4.42 Å². The van der Waals surface area contributed by atoms with Crippen LogP contribution in [0.2, 0.25) is 0 Å². The Balaban J connectivity index is 0.989. The molecule has 2 heteroatoms. The molecule has 0 N–H and O–H groups in total. The van der Waals surface area contributed by atoms with Gasteiger partial charge in [-0.2, -0.15) is 0 Å². The van der Waals surface area contributed by atoms with Crippen molar-refractivity contribution in [3.8, 4) is 33.4 Å². The maximum atomic E-state index is 6.22. The van der Waals surface area contributed by atoms with Gasteiger partial charge in [0.05, 0.1) is 0 Å². The topological polar surface area (TPSA) is 16.4 Å². The van der Waals surface area contributed by atoms with E-state index in [9.17, 15) is 0 Å². The zero-order chi connectivity index (χ0) is 37.0. The van der Waals surface area contributed by atoms with Gasteiger partial charge >= 0.3 is 0 Å². The average Bonchev–Trinajstić information content (AvgIpc) is 3.66. The summed E-state index contributed by atoms with van der Waals surface area (Å²) < 4.78 is 6.22. The first-order valence-electron chi connectivity index (χ1n) is 19.2. The largest absolute Gasteiger partial charge is 0.456 e. The Hall–Kier alpha value is -7.42. The summed E-state index contributed by atoms with van der Waals surface area (Å²) in [6, 6.07) is 76.5. The Kier molecular flexibility index (Phi) is 7.53. The van der Waals surface area contributed by atoms with Crippen LogP contribution in [0.15, 0.2) is 217 Å². The number of nitrogens with zero attached hydrogens (tertiary/aromatic N) is 1. The fourth-order valence-electron chi connectivity index (χ4n) is 8.49. The summed E-state index contributed by atoms with van der Waals surface area (Å²) in [7, 11) is 0. The number of hydrogen-bond acceptors (Lipinski definition) is 2. The highest BCUT2D eigenvalue weighted by Gasteiger charge is 2.16. The van der Waals surface area contributed by atoms with Gasteiger partial charge in [0.2, 0.25) is 0 Å². The Morgan fingerprint density at radius 3 is 1.50 bits per heavy atom. The molecule has 0 spiro atoms. The summed E-state index contributed by atoms with van der Waals surface area (Å²) in [5, 5.41) is 9.93. The predicted molar refractivity (Wildman–Crippen MR) is 237 cm³/mol. The number of benzene rings is 10. The first kappa shape index (κ1) is 32.0. The van der Waals surface area contributed by atoms with E-state index in [4.69, 9.17) is 4.42 Å². The van der Waals surface area contributed by atoms with Gasteiger partial charge in [0.15, 0.2) is 0 Å². The van der Waals surface area contributed by atoms with E-state index in [1.807, 2.05) is 12.1 Å². The van der Waals surface area contributed by atoms with Crippen molar-refractivity contribution in [2.75, 3.05) is 4.90 Å². The summed E-state index contributed by atoms with van der Waals surface area (Å²) in [6.07, 6.45) is 0. The molecule has 0 saturated carbocycles. The van der Waals surface area contributed by atoms with E-state index in [0.717, 1.165) is 44.6 Å². The van der Waals surface area contributed by atoms with E-state index in [-0.39, 0.29) is 0 Å². The standard InChI is InChI=1S/C54H35NO/c1-2-9-36(10-3-1)37-19-27-43(28-20-37)55(45-31-23-40(24-32-45)47-14-8-16-53-54(47)50-13-6-7-15-52(50)56-53)44-29-21-38(22-30-44)42-18-17-41-26-33-48-46-12-5-4-11-39(46)25-34-49(48)51(41)35-42/h1-35H. The van der Waals surface area contributed by atoms with Gasteiger partial charge in [0, 0.05) is 27.8 Å². The molecular weight excluding hydrogens is 679 g/mol. The van der Waals surface area contributed by atoms with Gasteiger partial charge in [0.25, 0.3) is 0 Å². The van der Waals surface area contributed by atoms with Crippen LogP contribution in [-0.4, -0.2) is 0 Å². The first-order valence-corrected chi connectivity index (χ1v) is 19.2. The Morgan fingerprint density at radius 1 is 0.286 bits per heavy atom. The first-order chi connectivity index (χ1) is 27.7. The second-order valence-electron chi connectivity index (χ2n) is 14.5. The second kappa shape index (κ2) is 13.2. The van der Waals surface area contributed by atoms with Crippen molar-refractivity contribution in [2.24, 2.45) is 0 Å². The van der Waals surface area contributed by atoms with Crippen molar-refractivity contribution in [2.45, 2.75) is 0 Å². The van der Waals surface area contributed by atoms with Gasteiger partial charge in [0.1, 0.15) is 11.2 Å². The third kappa shape index (κ3) is 5.42. The van der Waals surface area contributed by atoms with E-state index in [1.165, 1.54) is 60.1 Å². The zero-order valence-corrected chi connectivity index (χ0v) is 30.6. The number of rotatable bonds is 6. The molecule has 0 saturated heterocycles. The van der Waals surface area contributed by atoms with E-state index in [1.54, 1.807) is 0 Å². The van der Waals surface area contributed by atoms with E-state index >= 15 is 0 Å². The summed E-state index contributed by atoms with van der Waals surface area (Å²) in [4.78, 5) is 2.34. The SMILES string of the molecule is c1ccc(-c2ccc(N(c3ccc(-c4ccc5ccc6c7ccccc7ccc6c5c4)cc3)c3ccc(-c4cccc5oc6ccccc6c45)cc3)cc2)cc1. The number of fused-ring (bicyclic) bond motifs is 8. The minimum atomic E-state index is 0.904. The molecule has 0 amide bonds. The third-order valence-electron chi connectivity index (χ3n) is 11.3. The molecular formula is C54H35NO. The van der Waals surface area contributed by atoms with Crippen LogP contribution in [0.4, 0.5) is 17.1 Å². The molecule has 1 aromatic heterocycles. The van der Waals surface area contributed by atoms with E-state index in [0.29, 0.717) is 0 Å². The normalized spacial score (nSPS) is 11.6. The molecule has 11 rings (SSSR count). The molecule has 2 nitrogen and oxygen atoms in total. The van der Waals surface area contributed by atoms with Gasteiger partial charge < -0.3 is 9.32 Å². The Labute approximate surface area is 325 Å². The molecule has 0 aliphatic heterocycles. The lowest BCUT2D eigenvalue weighted by Gasteiger charge is -2.26. The smallest absolute Gasteiger partial charge is 0.136 e. The fourth-order valence-corrected chi connectivity index (χ4v) is 8.49. The van der Waals surface area contributed by atoms with Crippen LogP contribution in [-0.2, 0) is 0 Å². The number of anilines is 3. The molecule has 56 heavy (non-hydrogen) atoms. The molecule has 262 valence electrons. The molecule has 0 fully saturated rings. The quantitative estimate of drug-likeness (QED) is 0.160. The number of furan rings is 1. The van der Waals surface area contributed by atoms with Crippen LogP contribution in [0.1, 0.15) is 0 Å². The number of hydrogen-bond donors (Lipinski definition) is 0. The highest BCUT2D eigenvalue weighted by molar-refractivity contribution is 6.18. The number of para-hydroxylation sites is 1. The lowest BCUT2D eigenvalue weighted by Crippen LogP contribution is -2.09. The highest BCUT2D eigenvalue weighted by atomic mass is 16.3. The predicted octanol–water partition coefficient (Wildman–Crippen LogP) is 15.5. The van der Waals surface area contributed by atoms with Crippen LogP contribution in [0.25, 0.3) is 87.6 Å². The van der Waals surface area contributed by atoms with Crippen molar-refractivity contribution >= 4 is 71.3 Å². The summed E-state index contributed by atoms with van der Waals surface area (Å²) in [5.41, 5.74) is 12.2. The van der Waals surface area contributed by atoms with Crippen LogP contribution in [0, 0.1) is 0 Å². The van der Waals surface area contributed by atoms with Crippen LogP contribution < -0.4 is 4.90 Å². The molecule has 0 aliphatic rings. The molecule has 1 heterocycles. The highest BCUT2D eigenvalue weighted by Crippen LogP contribution is 2.41. The van der Waals surface area contributed by atoms with Gasteiger partial charge in [-0.25, -0.2) is 0 Å². The maximum Gasteiger partial charge on any atom is 0.136 e. The Bertz CT molecular complexity index is 3210. The molecule has 0 bridgehead atoms. The van der Waals surface area contributed by atoms with Crippen molar-refractivity contribution in [3.05, 3.63) is 212 Å². The van der Waals surface area contributed by atoms with Gasteiger partial charge in [-0.1, -0.05) is 158 Å². The molecule has 11 aromatic rings. The summed E-state index contributed by atoms with van der Waals surface area (Å²) >= 11 is 0. The van der Waals surface area contributed by atoms with Gasteiger partial charge in [-0.15, -0.1) is 0 Å². The summed E-state index contributed by atoms with van der Waals surface area (Å²) in [5.74, 6) is 0. The minimum absolute atomic E-state index is 0.904. The third-order valence-corrected chi connectivity index (χ3v) is 11.3. The average molecular weight is 714 g/mol. The van der Waals surface area contributed by atoms with Gasteiger partial charge in [-0.05, 0) is 120 Å².